The van der Waals surface area contributed by atoms with Gasteiger partial charge < -0.3 is 20.5 Å². The number of allylic oxidation sites excluding steroid dienone is 1. The molecule has 5 nitrogen and oxygen atoms in total. The molecule has 0 saturated heterocycles. The monoisotopic (exact) mass is 364 g/mol. The van der Waals surface area contributed by atoms with Crippen LogP contribution in [0.3, 0.4) is 0 Å². The van der Waals surface area contributed by atoms with Gasteiger partial charge in [0, 0.05) is 23.3 Å². The van der Waals surface area contributed by atoms with Gasteiger partial charge in [0.1, 0.15) is 11.5 Å². The maximum Gasteiger partial charge on any atom is 0.163 e. The summed E-state index contributed by atoms with van der Waals surface area (Å²) in [5.74, 6) is 0.874. The number of phenolic OH excluding ortho intramolecular Hbond substituents is 1. The van der Waals surface area contributed by atoms with Crippen molar-refractivity contribution in [2.45, 2.75) is 32.7 Å². The van der Waals surface area contributed by atoms with Gasteiger partial charge in [-0.2, -0.15) is 0 Å². The lowest BCUT2D eigenvalue weighted by atomic mass is 9.73. The summed E-state index contributed by atoms with van der Waals surface area (Å²) in [4.78, 5) is 13.1. The van der Waals surface area contributed by atoms with Crippen LogP contribution in [0.15, 0.2) is 53.7 Å². The summed E-state index contributed by atoms with van der Waals surface area (Å²) in [5, 5.41) is 17.5. The topological polar surface area (TPSA) is 70.6 Å². The summed E-state index contributed by atoms with van der Waals surface area (Å²) < 4.78 is 5.34. The quantitative estimate of drug-likeness (QED) is 0.725. The van der Waals surface area contributed by atoms with E-state index in [1.807, 2.05) is 24.3 Å². The molecule has 3 N–H and O–H groups in total. The molecule has 27 heavy (non-hydrogen) atoms. The van der Waals surface area contributed by atoms with E-state index >= 15 is 0 Å². The summed E-state index contributed by atoms with van der Waals surface area (Å²) in [5.41, 5.74) is 3.96. The molecular formula is C22H24N2O3. The standard InChI is InChI=1S/C22H24N2O3/c1-22(2)11-17-20(19(26)12-22)21(14-10-13(27-3)8-9-18(14)25)24-16-7-5-4-6-15(16)23-17/h4-10,21,23-25H,11-12H2,1-3H3/t21-/m0/s1. The van der Waals surface area contributed by atoms with E-state index in [2.05, 4.69) is 24.5 Å². The number of phenols is 1. The first-order valence-electron chi connectivity index (χ1n) is 9.14. The van der Waals surface area contributed by atoms with Gasteiger partial charge in [0.25, 0.3) is 0 Å². The molecule has 0 spiro atoms. The number of carbonyl (C=O) groups excluding carboxylic acids is 1. The zero-order valence-corrected chi connectivity index (χ0v) is 15.8. The number of ether oxygens (including phenoxy) is 1. The highest BCUT2D eigenvalue weighted by molar-refractivity contribution is 6.01. The minimum absolute atomic E-state index is 0.0984. The average Bonchev–Trinajstić information content (AvgIpc) is 2.77. The maximum absolute atomic E-state index is 13.1. The van der Waals surface area contributed by atoms with Crippen molar-refractivity contribution in [3.8, 4) is 11.5 Å². The Morgan fingerprint density at radius 1 is 1.11 bits per heavy atom. The molecule has 0 amide bonds. The van der Waals surface area contributed by atoms with E-state index < -0.39 is 6.04 Å². The van der Waals surface area contributed by atoms with Gasteiger partial charge >= 0.3 is 0 Å². The first-order valence-corrected chi connectivity index (χ1v) is 9.14. The van der Waals surface area contributed by atoms with Crippen LogP contribution in [0.2, 0.25) is 0 Å². The number of rotatable bonds is 2. The van der Waals surface area contributed by atoms with Gasteiger partial charge in [0.2, 0.25) is 0 Å². The lowest BCUT2D eigenvalue weighted by Crippen LogP contribution is -2.31. The number of carbonyl (C=O) groups is 1. The Hall–Kier alpha value is -2.95. The summed E-state index contributed by atoms with van der Waals surface area (Å²) in [7, 11) is 1.59. The molecule has 1 atom stereocenters. The van der Waals surface area contributed by atoms with E-state index in [-0.39, 0.29) is 16.9 Å². The first kappa shape index (κ1) is 17.5. The summed E-state index contributed by atoms with van der Waals surface area (Å²) in [6.45, 7) is 4.22. The molecule has 0 fully saturated rings. The fourth-order valence-corrected chi connectivity index (χ4v) is 4.01. The van der Waals surface area contributed by atoms with Gasteiger partial charge in [-0.15, -0.1) is 0 Å². The zero-order chi connectivity index (χ0) is 19.2. The Bertz CT molecular complexity index is 946. The molecule has 0 saturated carbocycles. The molecule has 2 aliphatic rings. The van der Waals surface area contributed by atoms with Crippen LogP contribution in [-0.4, -0.2) is 18.0 Å². The van der Waals surface area contributed by atoms with Crippen LogP contribution in [-0.2, 0) is 4.79 Å². The second-order valence-corrected chi connectivity index (χ2v) is 8.01. The van der Waals surface area contributed by atoms with Gasteiger partial charge in [0.15, 0.2) is 5.78 Å². The van der Waals surface area contributed by atoms with E-state index in [0.29, 0.717) is 23.3 Å². The number of Topliss-reactive ketones (excluding diaryl/α,β-unsaturated/α-hetero) is 1. The van der Waals surface area contributed by atoms with Crippen molar-refractivity contribution in [2.75, 3.05) is 17.7 Å². The van der Waals surface area contributed by atoms with Crippen LogP contribution in [0, 0.1) is 5.41 Å². The normalized spacial score (nSPS) is 20.7. The van der Waals surface area contributed by atoms with Crippen molar-refractivity contribution in [3.63, 3.8) is 0 Å². The molecule has 2 aromatic rings. The fourth-order valence-electron chi connectivity index (χ4n) is 4.01. The van der Waals surface area contributed by atoms with Gasteiger partial charge in [-0.1, -0.05) is 26.0 Å². The number of para-hydroxylation sites is 2. The maximum atomic E-state index is 13.1. The number of benzene rings is 2. The van der Waals surface area contributed by atoms with Crippen LogP contribution >= 0.6 is 0 Å². The van der Waals surface area contributed by atoms with Crippen LogP contribution in [0.1, 0.15) is 38.3 Å². The first-order chi connectivity index (χ1) is 12.9. The van der Waals surface area contributed by atoms with Gasteiger partial charge in [-0.3, -0.25) is 4.79 Å². The van der Waals surface area contributed by atoms with Crippen molar-refractivity contribution >= 4 is 17.2 Å². The lowest BCUT2D eigenvalue weighted by Gasteiger charge is -2.34. The molecule has 0 radical (unpaired) electrons. The highest BCUT2D eigenvalue weighted by Gasteiger charge is 2.39. The summed E-state index contributed by atoms with van der Waals surface area (Å²) in [6.07, 6.45) is 1.25. The van der Waals surface area contributed by atoms with Crippen molar-refractivity contribution in [3.05, 3.63) is 59.3 Å². The molecular weight excluding hydrogens is 340 g/mol. The van der Waals surface area contributed by atoms with Crippen LogP contribution in [0.25, 0.3) is 0 Å². The second-order valence-electron chi connectivity index (χ2n) is 8.01. The van der Waals surface area contributed by atoms with Gasteiger partial charge in [-0.25, -0.2) is 0 Å². The average molecular weight is 364 g/mol. The van der Waals surface area contributed by atoms with Gasteiger partial charge in [-0.05, 0) is 42.2 Å². The molecule has 1 heterocycles. The van der Waals surface area contributed by atoms with Crippen molar-refractivity contribution in [2.24, 2.45) is 5.41 Å². The molecule has 140 valence electrons. The van der Waals surface area contributed by atoms with Crippen molar-refractivity contribution in [1.29, 1.82) is 0 Å². The third-order valence-electron chi connectivity index (χ3n) is 5.27. The number of nitrogens with one attached hydrogen (secondary N) is 2. The number of hydrogen-bond donors (Lipinski definition) is 3. The molecule has 0 unspecified atom stereocenters. The second kappa shape index (κ2) is 6.34. The number of aromatic hydroxyl groups is 1. The predicted molar refractivity (Wildman–Crippen MR) is 106 cm³/mol. The molecule has 0 aromatic heterocycles. The Balaban J connectivity index is 1.92. The van der Waals surface area contributed by atoms with Gasteiger partial charge in [0.05, 0.1) is 24.5 Å². The van der Waals surface area contributed by atoms with E-state index in [1.165, 1.54) is 0 Å². The minimum Gasteiger partial charge on any atom is -0.508 e. The minimum atomic E-state index is -0.449. The Kier molecular flexibility index (Phi) is 4.10. The Morgan fingerprint density at radius 2 is 1.85 bits per heavy atom. The molecule has 5 heteroatoms. The Morgan fingerprint density at radius 3 is 2.59 bits per heavy atom. The van der Waals surface area contributed by atoms with Crippen LogP contribution < -0.4 is 15.4 Å². The molecule has 2 aromatic carbocycles. The summed E-state index contributed by atoms with van der Waals surface area (Å²) in [6, 6.07) is 12.5. The highest BCUT2D eigenvalue weighted by Crippen LogP contribution is 2.47. The Labute approximate surface area is 159 Å². The smallest absolute Gasteiger partial charge is 0.163 e. The number of ketones is 1. The largest absolute Gasteiger partial charge is 0.508 e. The predicted octanol–water partition coefficient (Wildman–Crippen LogP) is 4.62. The molecule has 4 rings (SSSR count). The van der Waals surface area contributed by atoms with Crippen LogP contribution in [0.5, 0.6) is 11.5 Å². The number of methoxy groups -OCH3 is 1. The SMILES string of the molecule is COc1ccc(O)c([C@@H]2Nc3ccccc3NC3=C2C(=O)CC(C)(C)C3)c1. The number of hydrogen-bond acceptors (Lipinski definition) is 5. The van der Waals surface area contributed by atoms with E-state index in [4.69, 9.17) is 4.74 Å². The third-order valence-corrected chi connectivity index (χ3v) is 5.27. The number of fused-ring (bicyclic) bond motifs is 1. The highest BCUT2D eigenvalue weighted by atomic mass is 16.5. The zero-order valence-electron chi connectivity index (χ0n) is 15.8. The fraction of sp³-hybridized carbons (Fsp3) is 0.318. The van der Waals surface area contributed by atoms with E-state index in [9.17, 15) is 9.90 Å². The lowest BCUT2D eigenvalue weighted by molar-refractivity contribution is -0.118. The van der Waals surface area contributed by atoms with E-state index in [1.54, 1.807) is 25.3 Å². The van der Waals surface area contributed by atoms with Crippen LogP contribution in [0.4, 0.5) is 11.4 Å². The van der Waals surface area contributed by atoms with Crippen molar-refractivity contribution in [1.82, 2.24) is 0 Å². The van der Waals surface area contributed by atoms with Crippen molar-refractivity contribution < 1.29 is 14.6 Å². The molecule has 1 aliphatic carbocycles. The van der Waals surface area contributed by atoms with E-state index in [0.717, 1.165) is 23.5 Å². The number of anilines is 2. The third kappa shape index (κ3) is 3.14. The summed E-state index contributed by atoms with van der Waals surface area (Å²) >= 11 is 0. The molecule has 1 aliphatic heterocycles. The molecule has 0 bridgehead atoms.